The maximum atomic E-state index is 14.0. The summed E-state index contributed by atoms with van der Waals surface area (Å²) in [5.41, 5.74) is 7.52. The molecule has 0 saturated carbocycles. The average molecular weight is 258 g/mol. The van der Waals surface area contributed by atoms with Crippen LogP contribution < -0.4 is 5.73 Å². The summed E-state index contributed by atoms with van der Waals surface area (Å²) in [6.45, 7) is 5.61. The number of rotatable bonds is 2. The van der Waals surface area contributed by atoms with E-state index in [1.807, 2.05) is 19.9 Å². The predicted octanol–water partition coefficient (Wildman–Crippen LogP) is 3.03. The fraction of sp³-hybridized carbons (Fsp3) is 0.286. The van der Waals surface area contributed by atoms with Gasteiger partial charge in [-0.15, -0.1) is 0 Å². The van der Waals surface area contributed by atoms with E-state index in [9.17, 15) is 9.65 Å². The number of aryl methyl sites for hydroxylation is 1. The molecule has 1 aromatic carbocycles. The highest BCUT2D eigenvalue weighted by Gasteiger charge is 2.20. The van der Waals surface area contributed by atoms with Crippen LogP contribution in [0.25, 0.3) is 11.3 Å². The number of halogens is 1. The molecule has 2 N–H and O–H groups in total. The van der Waals surface area contributed by atoms with Crippen LogP contribution in [-0.4, -0.2) is 9.78 Å². The van der Waals surface area contributed by atoms with Crippen molar-refractivity contribution in [2.75, 3.05) is 5.73 Å². The van der Waals surface area contributed by atoms with Crippen LogP contribution in [0.3, 0.4) is 0 Å². The molecule has 98 valence electrons. The molecule has 0 aliphatic heterocycles. The molecule has 0 fully saturated rings. The van der Waals surface area contributed by atoms with Gasteiger partial charge in [0.15, 0.2) is 0 Å². The number of nitrogen functional groups attached to an aromatic ring is 1. The van der Waals surface area contributed by atoms with E-state index >= 15 is 0 Å². The molecule has 0 radical (unpaired) electrons. The van der Waals surface area contributed by atoms with Crippen molar-refractivity contribution < 1.29 is 4.39 Å². The van der Waals surface area contributed by atoms with Gasteiger partial charge in [-0.25, -0.2) is 9.07 Å². The highest BCUT2D eigenvalue weighted by molar-refractivity contribution is 5.73. The smallest absolute Gasteiger partial charge is 0.140 e. The van der Waals surface area contributed by atoms with Crippen LogP contribution in [0.1, 0.15) is 31.0 Å². The molecule has 0 atom stereocenters. The van der Waals surface area contributed by atoms with E-state index in [1.165, 1.54) is 10.7 Å². The molecule has 0 spiro atoms. The number of anilines is 1. The molecule has 4 nitrogen and oxygen atoms in total. The molecule has 0 saturated heterocycles. The molecule has 0 aliphatic carbocycles. The van der Waals surface area contributed by atoms with Crippen molar-refractivity contribution in [2.24, 2.45) is 0 Å². The first kappa shape index (κ1) is 13.1. The van der Waals surface area contributed by atoms with E-state index in [4.69, 9.17) is 5.73 Å². The number of nitrogens with zero attached hydrogens (tertiary/aromatic N) is 3. The zero-order valence-corrected chi connectivity index (χ0v) is 11.1. The molecule has 0 unspecified atom stereocenters. The molecule has 0 aliphatic rings. The number of aromatic nitrogens is 2. The summed E-state index contributed by atoms with van der Waals surface area (Å²) < 4.78 is 15.5. The first-order valence-corrected chi connectivity index (χ1v) is 6.00. The van der Waals surface area contributed by atoms with Gasteiger partial charge in [0.05, 0.1) is 0 Å². The van der Waals surface area contributed by atoms with Crippen molar-refractivity contribution in [3.63, 3.8) is 0 Å². The molecular weight excluding hydrogens is 243 g/mol. The fourth-order valence-corrected chi connectivity index (χ4v) is 1.95. The fourth-order valence-electron chi connectivity index (χ4n) is 1.95. The second kappa shape index (κ2) is 4.73. The van der Waals surface area contributed by atoms with E-state index in [0.29, 0.717) is 11.3 Å². The van der Waals surface area contributed by atoms with Gasteiger partial charge in [-0.05, 0) is 38.5 Å². The maximum Gasteiger partial charge on any atom is 0.140 e. The Bertz CT molecular complexity index is 665. The zero-order chi connectivity index (χ0) is 14.2. The molecule has 0 amide bonds. The number of hydrogen-bond donors (Lipinski definition) is 1. The second-order valence-electron chi connectivity index (χ2n) is 4.74. The first-order chi connectivity index (χ1) is 8.95. The van der Waals surface area contributed by atoms with E-state index in [-0.39, 0.29) is 17.4 Å². The summed E-state index contributed by atoms with van der Waals surface area (Å²) in [6, 6.07) is 6.84. The van der Waals surface area contributed by atoms with Crippen LogP contribution in [0.15, 0.2) is 18.2 Å². The maximum absolute atomic E-state index is 14.0. The summed E-state index contributed by atoms with van der Waals surface area (Å²) in [5, 5.41) is 13.5. The summed E-state index contributed by atoms with van der Waals surface area (Å²) >= 11 is 0. The molecule has 5 heteroatoms. The van der Waals surface area contributed by atoms with Gasteiger partial charge in [0.2, 0.25) is 0 Å². The van der Waals surface area contributed by atoms with Gasteiger partial charge in [-0.3, -0.25) is 0 Å². The average Bonchev–Trinajstić information content (AvgIpc) is 2.66. The minimum Gasteiger partial charge on any atom is -0.383 e. The Hall–Kier alpha value is -2.35. The van der Waals surface area contributed by atoms with E-state index in [0.717, 1.165) is 5.56 Å². The molecule has 1 heterocycles. The van der Waals surface area contributed by atoms with Crippen molar-refractivity contribution in [3.05, 3.63) is 35.1 Å². The Morgan fingerprint density at radius 3 is 2.63 bits per heavy atom. The van der Waals surface area contributed by atoms with Crippen molar-refractivity contribution in [1.29, 1.82) is 5.26 Å². The summed E-state index contributed by atoms with van der Waals surface area (Å²) in [7, 11) is 0. The normalized spacial score (nSPS) is 10.7. The minimum atomic E-state index is -0.398. The molecule has 0 bridgehead atoms. The molecule has 2 rings (SSSR count). The Morgan fingerprint density at radius 2 is 2.11 bits per heavy atom. The van der Waals surface area contributed by atoms with Gasteiger partial charge >= 0.3 is 0 Å². The third-order valence-corrected chi connectivity index (χ3v) is 2.93. The van der Waals surface area contributed by atoms with Gasteiger partial charge < -0.3 is 5.73 Å². The lowest BCUT2D eigenvalue weighted by molar-refractivity contribution is 0.541. The second-order valence-corrected chi connectivity index (χ2v) is 4.74. The van der Waals surface area contributed by atoms with Gasteiger partial charge in [0.1, 0.15) is 29.0 Å². The Morgan fingerprint density at radius 1 is 1.42 bits per heavy atom. The zero-order valence-electron chi connectivity index (χ0n) is 11.1. The number of benzene rings is 1. The van der Waals surface area contributed by atoms with Crippen LogP contribution in [-0.2, 0) is 0 Å². The Kier molecular flexibility index (Phi) is 3.26. The van der Waals surface area contributed by atoms with Crippen LogP contribution in [0.2, 0.25) is 0 Å². The van der Waals surface area contributed by atoms with Gasteiger partial charge in [0.25, 0.3) is 0 Å². The lowest BCUT2D eigenvalue weighted by atomic mass is 10.1. The third kappa shape index (κ3) is 2.17. The summed E-state index contributed by atoms with van der Waals surface area (Å²) in [5.74, 6) is -0.127. The van der Waals surface area contributed by atoms with Gasteiger partial charge in [-0.2, -0.15) is 10.4 Å². The Balaban J connectivity index is 2.69. The standard InChI is InChI=1S/C14H15FN4/c1-8(2)19-14(17)11(7-16)13(18-19)10-5-4-9(3)6-12(10)15/h4-6,8H,17H2,1-3H3. The molecule has 1 aromatic heterocycles. The number of nitrogens with two attached hydrogens (primary N) is 1. The lowest BCUT2D eigenvalue weighted by Crippen LogP contribution is -2.07. The minimum absolute atomic E-state index is 0.00867. The van der Waals surface area contributed by atoms with Gasteiger partial charge in [-0.1, -0.05) is 6.07 Å². The SMILES string of the molecule is Cc1ccc(-c2nn(C(C)C)c(N)c2C#N)c(F)c1. The van der Waals surface area contributed by atoms with E-state index in [2.05, 4.69) is 5.10 Å². The number of nitriles is 1. The first-order valence-electron chi connectivity index (χ1n) is 6.00. The van der Waals surface area contributed by atoms with Crippen LogP contribution in [0, 0.1) is 24.1 Å². The summed E-state index contributed by atoms with van der Waals surface area (Å²) in [6.07, 6.45) is 0. The number of hydrogen-bond acceptors (Lipinski definition) is 3. The van der Waals surface area contributed by atoms with Gasteiger partial charge in [0, 0.05) is 11.6 Å². The molecule has 19 heavy (non-hydrogen) atoms. The highest BCUT2D eigenvalue weighted by Crippen LogP contribution is 2.30. The van der Waals surface area contributed by atoms with Crippen LogP contribution in [0.5, 0.6) is 0 Å². The van der Waals surface area contributed by atoms with Crippen molar-refractivity contribution in [2.45, 2.75) is 26.8 Å². The monoisotopic (exact) mass is 258 g/mol. The molecular formula is C14H15FN4. The largest absolute Gasteiger partial charge is 0.383 e. The van der Waals surface area contributed by atoms with Crippen molar-refractivity contribution in [3.8, 4) is 17.3 Å². The van der Waals surface area contributed by atoms with Crippen molar-refractivity contribution in [1.82, 2.24) is 9.78 Å². The van der Waals surface area contributed by atoms with E-state index in [1.54, 1.807) is 19.1 Å². The Labute approximate surface area is 111 Å². The lowest BCUT2D eigenvalue weighted by Gasteiger charge is -2.06. The van der Waals surface area contributed by atoms with Crippen LogP contribution in [0.4, 0.5) is 10.2 Å². The van der Waals surface area contributed by atoms with Crippen molar-refractivity contribution >= 4 is 5.82 Å². The quantitative estimate of drug-likeness (QED) is 0.900. The van der Waals surface area contributed by atoms with Crippen LogP contribution >= 0.6 is 0 Å². The summed E-state index contributed by atoms with van der Waals surface area (Å²) in [4.78, 5) is 0. The van der Waals surface area contributed by atoms with E-state index < -0.39 is 5.82 Å². The highest BCUT2D eigenvalue weighted by atomic mass is 19.1. The topological polar surface area (TPSA) is 67.6 Å². The third-order valence-electron chi connectivity index (χ3n) is 2.93. The molecule has 2 aromatic rings. The predicted molar refractivity (Wildman–Crippen MR) is 71.9 cm³/mol.